The molecule has 0 aliphatic rings. The van der Waals surface area contributed by atoms with Crippen molar-refractivity contribution in [2.75, 3.05) is 39.6 Å². The molecule has 0 spiro atoms. The van der Waals surface area contributed by atoms with Crippen LogP contribution in [0.5, 0.6) is 0 Å². The molecule has 3 N–H and O–H groups in total. The van der Waals surface area contributed by atoms with Gasteiger partial charge in [-0.3, -0.25) is 37.3 Å². The van der Waals surface area contributed by atoms with Gasteiger partial charge in [0.05, 0.1) is 26.4 Å². The molecule has 516 valence electrons. The van der Waals surface area contributed by atoms with E-state index in [9.17, 15) is 43.2 Å². The molecule has 0 saturated heterocycles. The van der Waals surface area contributed by atoms with Gasteiger partial charge >= 0.3 is 39.5 Å². The second kappa shape index (κ2) is 61.6. The Labute approximate surface area is 530 Å². The lowest BCUT2D eigenvalue weighted by Crippen LogP contribution is -2.30. The second-order valence-corrected chi connectivity index (χ2v) is 27.9. The van der Waals surface area contributed by atoms with Crippen LogP contribution >= 0.6 is 15.6 Å². The van der Waals surface area contributed by atoms with Gasteiger partial charge < -0.3 is 33.8 Å². The zero-order valence-corrected chi connectivity index (χ0v) is 57.9. The predicted octanol–water partition coefficient (Wildman–Crippen LogP) is 19.4. The number of hydrogen-bond donors (Lipinski definition) is 3. The lowest BCUT2D eigenvalue weighted by atomic mass is 10.0. The molecule has 2 unspecified atom stereocenters. The predicted molar refractivity (Wildman–Crippen MR) is 349 cm³/mol. The molecule has 0 aromatic rings. The number of carbonyl (C=O) groups is 4. The van der Waals surface area contributed by atoms with E-state index in [1.54, 1.807) is 0 Å². The zero-order valence-electron chi connectivity index (χ0n) is 56.2. The summed E-state index contributed by atoms with van der Waals surface area (Å²) < 4.78 is 68.1. The van der Waals surface area contributed by atoms with Gasteiger partial charge in [0.2, 0.25) is 0 Å². The van der Waals surface area contributed by atoms with E-state index in [0.29, 0.717) is 31.6 Å². The summed E-state index contributed by atoms with van der Waals surface area (Å²) >= 11 is 0. The van der Waals surface area contributed by atoms with Gasteiger partial charge in [0.15, 0.2) is 12.2 Å². The summed E-state index contributed by atoms with van der Waals surface area (Å²) in [5.74, 6) is -1.42. The van der Waals surface area contributed by atoms with Crippen LogP contribution in [-0.4, -0.2) is 96.7 Å². The highest BCUT2D eigenvalue weighted by Gasteiger charge is 2.30. The van der Waals surface area contributed by atoms with Gasteiger partial charge in [-0.25, -0.2) is 9.13 Å². The van der Waals surface area contributed by atoms with Gasteiger partial charge in [0.25, 0.3) is 0 Å². The van der Waals surface area contributed by atoms with Crippen LogP contribution in [0.3, 0.4) is 0 Å². The summed E-state index contributed by atoms with van der Waals surface area (Å²) in [5, 5.41) is 10.6. The Morgan fingerprint density at radius 1 is 0.310 bits per heavy atom. The third-order valence-electron chi connectivity index (χ3n) is 15.8. The maximum Gasteiger partial charge on any atom is 0.472 e. The van der Waals surface area contributed by atoms with Crippen LogP contribution in [0, 0.1) is 5.92 Å². The van der Waals surface area contributed by atoms with E-state index < -0.39 is 97.5 Å². The summed E-state index contributed by atoms with van der Waals surface area (Å²) in [6, 6.07) is 0. The first kappa shape index (κ1) is 85.1. The molecule has 0 rings (SSSR count). The highest BCUT2D eigenvalue weighted by atomic mass is 31.2. The van der Waals surface area contributed by atoms with Crippen molar-refractivity contribution in [1.82, 2.24) is 0 Å². The van der Waals surface area contributed by atoms with Crippen molar-refractivity contribution in [3.05, 3.63) is 0 Å². The number of phosphoric acid groups is 2. The average molecular weight is 1280 g/mol. The van der Waals surface area contributed by atoms with Crippen molar-refractivity contribution in [3.8, 4) is 0 Å². The van der Waals surface area contributed by atoms with Crippen LogP contribution < -0.4 is 0 Å². The monoisotopic (exact) mass is 1280 g/mol. The minimum atomic E-state index is -4.95. The molecule has 0 radical (unpaired) electrons. The lowest BCUT2D eigenvalue weighted by molar-refractivity contribution is -0.161. The van der Waals surface area contributed by atoms with Crippen LogP contribution in [0.25, 0.3) is 0 Å². The van der Waals surface area contributed by atoms with Crippen LogP contribution in [0.1, 0.15) is 349 Å². The molecule has 19 heteroatoms. The third-order valence-corrected chi connectivity index (χ3v) is 17.7. The fourth-order valence-corrected chi connectivity index (χ4v) is 11.9. The topological polar surface area (TPSA) is 237 Å². The fraction of sp³-hybridized carbons (Fsp3) is 0.941. The molecule has 0 aromatic heterocycles. The Balaban J connectivity index is 5.20. The quantitative estimate of drug-likeness (QED) is 0.0222. The van der Waals surface area contributed by atoms with Crippen molar-refractivity contribution in [2.24, 2.45) is 5.92 Å². The first-order valence-electron chi connectivity index (χ1n) is 35.6. The molecule has 87 heavy (non-hydrogen) atoms. The highest BCUT2D eigenvalue weighted by Crippen LogP contribution is 2.45. The Morgan fingerprint density at radius 3 is 0.782 bits per heavy atom. The van der Waals surface area contributed by atoms with Crippen molar-refractivity contribution >= 4 is 39.5 Å². The SMILES string of the molecule is CCCCCCCCCCCCCCCCCCCC(=O)O[C@H](COC(=O)CCCCCCCCCC(C)C)COP(=O)(O)OC[C@@H](O)COP(=O)(O)OC[C@@H](COC(=O)CCCCCCCCCCCC)OC(=O)CCCCCCCCCCCC. The van der Waals surface area contributed by atoms with E-state index in [4.69, 9.17) is 37.0 Å². The molecular formula is C68H132O17P2. The number of aliphatic hydroxyl groups is 1. The number of rotatable bonds is 68. The molecule has 0 aliphatic heterocycles. The number of hydrogen-bond acceptors (Lipinski definition) is 15. The van der Waals surface area contributed by atoms with Gasteiger partial charge in [0, 0.05) is 25.7 Å². The first-order valence-corrected chi connectivity index (χ1v) is 38.6. The van der Waals surface area contributed by atoms with Crippen LogP contribution in [0.2, 0.25) is 0 Å². The normalized spacial score (nSPS) is 14.1. The molecule has 5 atom stereocenters. The third kappa shape index (κ3) is 62.6. The van der Waals surface area contributed by atoms with E-state index >= 15 is 0 Å². The smallest absolute Gasteiger partial charge is 0.462 e. The van der Waals surface area contributed by atoms with Gasteiger partial charge in [0.1, 0.15) is 19.3 Å². The largest absolute Gasteiger partial charge is 0.472 e. The Kier molecular flexibility index (Phi) is 60.2. The average Bonchev–Trinajstić information content (AvgIpc) is 3.69. The van der Waals surface area contributed by atoms with Gasteiger partial charge in [-0.15, -0.1) is 0 Å². The molecule has 0 bridgehead atoms. The maximum absolute atomic E-state index is 13.0. The molecule has 0 aromatic carbocycles. The summed E-state index contributed by atoms with van der Waals surface area (Å²) in [4.78, 5) is 72.4. The molecule has 0 fully saturated rings. The summed E-state index contributed by atoms with van der Waals surface area (Å²) in [6.07, 6.45) is 47.2. The van der Waals surface area contributed by atoms with E-state index in [1.165, 1.54) is 167 Å². The Morgan fingerprint density at radius 2 is 0.529 bits per heavy atom. The van der Waals surface area contributed by atoms with Crippen LogP contribution in [0.15, 0.2) is 0 Å². The standard InChI is InChI=1S/C68H132O17P2/c1-6-9-12-15-18-21-24-25-26-27-28-29-30-33-38-44-49-54-68(73)85-64(58-79-66(71)52-47-42-39-34-35-40-45-50-61(4)5)60-83-87(76,77)81-56-62(69)55-80-86(74,75)82-59-63(84-67(72)53-48-43-37-32-23-20-17-14-11-8-3)57-78-65(70)51-46-41-36-31-22-19-16-13-10-7-2/h61-64,69H,6-60H2,1-5H3,(H,74,75)(H,76,77)/t62-,63+,64+/m0/s1. The number of aliphatic hydroxyl groups excluding tert-OH is 1. The summed E-state index contributed by atoms with van der Waals surface area (Å²) in [5.41, 5.74) is 0. The Bertz CT molecular complexity index is 1690. The van der Waals surface area contributed by atoms with E-state index in [-0.39, 0.29) is 25.7 Å². The van der Waals surface area contributed by atoms with Crippen LogP contribution in [0.4, 0.5) is 0 Å². The zero-order chi connectivity index (χ0) is 64.2. The van der Waals surface area contributed by atoms with Crippen molar-refractivity contribution < 1.29 is 80.2 Å². The van der Waals surface area contributed by atoms with E-state index in [2.05, 4.69) is 34.6 Å². The summed E-state index contributed by atoms with van der Waals surface area (Å²) in [6.45, 7) is 7.16. The highest BCUT2D eigenvalue weighted by molar-refractivity contribution is 7.47. The fourth-order valence-electron chi connectivity index (χ4n) is 10.3. The second-order valence-electron chi connectivity index (χ2n) is 25.0. The number of ether oxygens (including phenoxy) is 4. The van der Waals surface area contributed by atoms with Crippen molar-refractivity contribution in [1.29, 1.82) is 0 Å². The van der Waals surface area contributed by atoms with Gasteiger partial charge in [-0.1, -0.05) is 298 Å². The molecule has 0 saturated carbocycles. The number of phosphoric ester groups is 2. The van der Waals surface area contributed by atoms with Gasteiger partial charge in [-0.2, -0.15) is 0 Å². The number of carbonyl (C=O) groups excluding carboxylic acids is 4. The van der Waals surface area contributed by atoms with E-state index in [0.717, 1.165) is 96.3 Å². The van der Waals surface area contributed by atoms with Crippen molar-refractivity contribution in [3.63, 3.8) is 0 Å². The van der Waals surface area contributed by atoms with Crippen molar-refractivity contribution in [2.45, 2.75) is 368 Å². The van der Waals surface area contributed by atoms with Crippen LogP contribution in [-0.2, 0) is 65.4 Å². The summed E-state index contributed by atoms with van der Waals surface area (Å²) in [7, 11) is -9.89. The Hall–Kier alpha value is -1.94. The number of unbranched alkanes of at least 4 members (excludes halogenated alkanes) is 40. The molecule has 0 heterocycles. The van der Waals surface area contributed by atoms with E-state index in [1.807, 2.05) is 0 Å². The number of esters is 4. The first-order chi connectivity index (χ1) is 42.0. The molecule has 0 amide bonds. The minimum Gasteiger partial charge on any atom is -0.462 e. The molecular weight excluding hydrogens is 1150 g/mol. The maximum atomic E-state index is 13.0. The lowest BCUT2D eigenvalue weighted by Gasteiger charge is -2.21. The molecule has 17 nitrogen and oxygen atoms in total. The minimum absolute atomic E-state index is 0.107. The van der Waals surface area contributed by atoms with Gasteiger partial charge in [-0.05, 0) is 31.6 Å². The molecule has 0 aliphatic carbocycles.